The molecular formula is C15H9N3OS. The van der Waals surface area contributed by atoms with Crippen LogP contribution in [0, 0.1) is 0 Å². The topological polar surface area (TPSA) is 47.8 Å². The molecule has 0 saturated carbocycles. The van der Waals surface area contributed by atoms with Crippen LogP contribution in [0.1, 0.15) is 0 Å². The molecule has 2 aromatic carbocycles. The molecule has 20 heavy (non-hydrogen) atoms. The van der Waals surface area contributed by atoms with Gasteiger partial charge in [0.1, 0.15) is 10.2 Å². The fourth-order valence-electron chi connectivity index (χ4n) is 2.33. The molecular weight excluding hydrogens is 270 g/mol. The van der Waals surface area contributed by atoms with Crippen LogP contribution < -0.4 is 5.56 Å². The van der Waals surface area contributed by atoms with E-state index in [1.807, 2.05) is 42.5 Å². The first-order chi connectivity index (χ1) is 9.84. The van der Waals surface area contributed by atoms with Crippen molar-refractivity contribution in [2.24, 2.45) is 0 Å². The predicted octanol–water partition coefficient (Wildman–Crippen LogP) is 3.00. The van der Waals surface area contributed by atoms with Gasteiger partial charge in [-0.15, -0.1) is 11.3 Å². The van der Waals surface area contributed by atoms with Crippen LogP contribution >= 0.6 is 11.3 Å². The van der Waals surface area contributed by atoms with Crippen LogP contribution in [0.2, 0.25) is 0 Å². The average Bonchev–Trinajstić information content (AvgIpc) is 2.97. The van der Waals surface area contributed by atoms with E-state index in [0.717, 1.165) is 16.5 Å². The van der Waals surface area contributed by atoms with Crippen LogP contribution in [0.5, 0.6) is 0 Å². The zero-order valence-electron chi connectivity index (χ0n) is 10.4. The lowest BCUT2D eigenvalue weighted by atomic mass is 10.1. The highest BCUT2D eigenvalue weighted by Gasteiger charge is 2.10. The van der Waals surface area contributed by atoms with E-state index in [1.165, 1.54) is 16.0 Å². The predicted molar refractivity (Wildman–Crippen MR) is 80.5 cm³/mol. The molecule has 0 atom stereocenters. The largest absolute Gasteiger partial charge is 0.291 e. The minimum atomic E-state index is -0.124. The van der Waals surface area contributed by atoms with E-state index in [9.17, 15) is 4.79 Å². The number of aromatic nitrogens is 3. The van der Waals surface area contributed by atoms with Crippen LogP contribution in [0.4, 0.5) is 0 Å². The third-order valence-corrected chi connectivity index (χ3v) is 4.10. The molecule has 0 radical (unpaired) electrons. The van der Waals surface area contributed by atoms with Gasteiger partial charge in [-0.1, -0.05) is 36.4 Å². The average molecular weight is 279 g/mol. The maximum Gasteiger partial charge on any atom is 0.291 e. The van der Waals surface area contributed by atoms with Crippen molar-refractivity contribution in [1.29, 1.82) is 0 Å². The molecule has 4 rings (SSSR count). The lowest BCUT2D eigenvalue weighted by Crippen LogP contribution is -2.20. The van der Waals surface area contributed by atoms with Gasteiger partial charge in [-0.05, 0) is 11.5 Å². The van der Waals surface area contributed by atoms with Gasteiger partial charge in [0, 0.05) is 5.39 Å². The van der Waals surface area contributed by atoms with Crippen LogP contribution in [0.3, 0.4) is 0 Å². The Hall–Kier alpha value is -2.53. The van der Waals surface area contributed by atoms with Gasteiger partial charge in [-0.25, -0.2) is 4.98 Å². The van der Waals surface area contributed by atoms with Gasteiger partial charge >= 0.3 is 0 Å². The molecule has 4 nitrogen and oxygen atoms in total. The summed E-state index contributed by atoms with van der Waals surface area (Å²) in [6.07, 6.45) is 1.63. The third-order valence-electron chi connectivity index (χ3n) is 3.27. The molecule has 0 spiro atoms. The van der Waals surface area contributed by atoms with Crippen molar-refractivity contribution < 1.29 is 0 Å². The Balaban J connectivity index is 2.11. The van der Waals surface area contributed by atoms with E-state index < -0.39 is 0 Å². The van der Waals surface area contributed by atoms with Crippen molar-refractivity contribution in [2.75, 3.05) is 0 Å². The van der Waals surface area contributed by atoms with E-state index in [1.54, 1.807) is 11.7 Å². The number of rotatable bonds is 1. The number of hydrogen-bond acceptors (Lipinski definition) is 4. The summed E-state index contributed by atoms with van der Waals surface area (Å²) in [5, 5.41) is 6.34. The number of thiazole rings is 1. The normalized spacial score (nSPS) is 11.2. The first-order valence-corrected chi connectivity index (χ1v) is 7.02. The molecule has 0 unspecified atom stereocenters. The highest BCUT2D eigenvalue weighted by Crippen LogP contribution is 2.21. The SMILES string of the molecule is O=c1c2scnc2cnn1-c1cccc2ccccc12. The highest BCUT2D eigenvalue weighted by atomic mass is 32.1. The van der Waals surface area contributed by atoms with Crippen LogP contribution in [-0.2, 0) is 0 Å². The summed E-state index contributed by atoms with van der Waals surface area (Å²) in [5.41, 5.74) is 2.99. The summed E-state index contributed by atoms with van der Waals surface area (Å²) < 4.78 is 2.08. The van der Waals surface area contributed by atoms with Gasteiger partial charge < -0.3 is 0 Å². The lowest BCUT2D eigenvalue weighted by molar-refractivity contribution is 0.827. The second kappa shape index (κ2) is 4.25. The summed E-state index contributed by atoms with van der Waals surface area (Å²) >= 11 is 1.34. The van der Waals surface area contributed by atoms with E-state index >= 15 is 0 Å². The minimum Gasteiger partial charge on any atom is -0.266 e. The molecule has 0 saturated heterocycles. The van der Waals surface area contributed by atoms with E-state index in [4.69, 9.17) is 0 Å². The van der Waals surface area contributed by atoms with Gasteiger partial charge in [0.05, 0.1) is 17.4 Å². The zero-order chi connectivity index (χ0) is 13.5. The molecule has 0 aliphatic heterocycles. The third kappa shape index (κ3) is 1.57. The molecule has 2 heterocycles. The van der Waals surface area contributed by atoms with Gasteiger partial charge in [-0.2, -0.15) is 9.78 Å². The van der Waals surface area contributed by atoms with E-state index in [2.05, 4.69) is 10.1 Å². The maximum atomic E-state index is 12.5. The van der Waals surface area contributed by atoms with Crippen molar-refractivity contribution in [1.82, 2.24) is 14.8 Å². The molecule has 0 aliphatic rings. The van der Waals surface area contributed by atoms with Crippen LogP contribution in [0.25, 0.3) is 26.7 Å². The van der Waals surface area contributed by atoms with Crippen LogP contribution in [-0.4, -0.2) is 14.8 Å². The minimum absolute atomic E-state index is 0.124. The molecule has 5 heteroatoms. The second-order valence-corrected chi connectivity index (χ2v) is 5.28. The number of fused-ring (bicyclic) bond motifs is 2. The lowest BCUT2D eigenvalue weighted by Gasteiger charge is -2.07. The van der Waals surface area contributed by atoms with E-state index in [0.29, 0.717) is 10.2 Å². The Morgan fingerprint density at radius 1 is 1.05 bits per heavy atom. The monoisotopic (exact) mass is 279 g/mol. The number of benzene rings is 2. The molecule has 0 bridgehead atoms. The fourth-order valence-corrected chi connectivity index (χ4v) is 3.02. The molecule has 0 fully saturated rings. The Kier molecular flexibility index (Phi) is 2.40. The molecule has 0 amide bonds. The van der Waals surface area contributed by atoms with Gasteiger partial charge in [0.15, 0.2) is 0 Å². The molecule has 4 aromatic rings. The summed E-state index contributed by atoms with van der Waals surface area (Å²) in [5.74, 6) is 0. The highest BCUT2D eigenvalue weighted by molar-refractivity contribution is 7.16. The molecule has 2 aromatic heterocycles. The summed E-state index contributed by atoms with van der Waals surface area (Å²) in [4.78, 5) is 16.6. The van der Waals surface area contributed by atoms with Crippen LogP contribution in [0.15, 0.2) is 59.0 Å². The van der Waals surface area contributed by atoms with Crippen molar-refractivity contribution in [3.05, 3.63) is 64.5 Å². The molecule has 0 N–H and O–H groups in total. The Morgan fingerprint density at radius 3 is 2.85 bits per heavy atom. The summed E-state index contributed by atoms with van der Waals surface area (Å²) in [7, 11) is 0. The van der Waals surface area contributed by atoms with E-state index in [-0.39, 0.29) is 5.56 Å². The van der Waals surface area contributed by atoms with Gasteiger partial charge in [-0.3, -0.25) is 4.79 Å². The first-order valence-electron chi connectivity index (χ1n) is 6.14. The van der Waals surface area contributed by atoms with Crippen molar-refractivity contribution in [3.63, 3.8) is 0 Å². The Labute approximate surface area is 117 Å². The second-order valence-electron chi connectivity index (χ2n) is 4.43. The first kappa shape index (κ1) is 11.3. The fraction of sp³-hybridized carbons (Fsp3) is 0. The molecule has 96 valence electrons. The Morgan fingerprint density at radius 2 is 1.90 bits per heavy atom. The smallest absolute Gasteiger partial charge is 0.266 e. The van der Waals surface area contributed by atoms with Crippen molar-refractivity contribution >= 4 is 32.3 Å². The van der Waals surface area contributed by atoms with Crippen molar-refractivity contribution in [3.8, 4) is 5.69 Å². The maximum absolute atomic E-state index is 12.5. The standard InChI is InChI=1S/C15H9N3OS/c19-15-14-12(16-9-20-14)8-17-18(15)13-7-3-5-10-4-1-2-6-11(10)13/h1-9H. The summed E-state index contributed by atoms with van der Waals surface area (Å²) in [6, 6.07) is 13.8. The quantitative estimate of drug-likeness (QED) is 0.538. The number of nitrogens with zero attached hydrogens (tertiary/aromatic N) is 3. The molecule has 0 aliphatic carbocycles. The summed E-state index contributed by atoms with van der Waals surface area (Å²) in [6.45, 7) is 0. The van der Waals surface area contributed by atoms with Crippen molar-refractivity contribution in [2.45, 2.75) is 0 Å². The van der Waals surface area contributed by atoms with Gasteiger partial charge in [0.25, 0.3) is 5.56 Å². The zero-order valence-corrected chi connectivity index (χ0v) is 11.2. The van der Waals surface area contributed by atoms with Gasteiger partial charge in [0.2, 0.25) is 0 Å². The number of hydrogen-bond donors (Lipinski definition) is 0. The Bertz CT molecular complexity index is 982.